The highest BCUT2D eigenvalue weighted by Crippen LogP contribution is 2.34. The third kappa shape index (κ3) is 7.44. The Morgan fingerprint density at radius 1 is 0.931 bits per heavy atom. The normalized spacial score (nSPS) is 21.0. The molecule has 0 heterocycles. The van der Waals surface area contributed by atoms with Crippen molar-refractivity contribution in [3.05, 3.63) is 35.4 Å². The maximum atomic E-state index is 12.4. The minimum absolute atomic E-state index is 0.0346. The van der Waals surface area contributed by atoms with Crippen LogP contribution in [0.1, 0.15) is 89.6 Å². The highest BCUT2D eigenvalue weighted by molar-refractivity contribution is 7.92. The molecule has 1 aliphatic rings. The molecule has 4 nitrogen and oxygen atoms in total. The second kappa shape index (κ2) is 9.20. The van der Waals surface area contributed by atoms with E-state index in [2.05, 4.69) is 17.4 Å². The molecule has 0 saturated heterocycles. The molecular formula is C24H39NO3S. The van der Waals surface area contributed by atoms with Gasteiger partial charge < -0.3 is 5.32 Å². The van der Waals surface area contributed by atoms with E-state index in [0.29, 0.717) is 23.2 Å². The zero-order valence-corrected chi connectivity index (χ0v) is 19.9. The van der Waals surface area contributed by atoms with Crippen LogP contribution in [-0.4, -0.2) is 30.4 Å². The first-order valence-corrected chi connectivity index (χ1v) is 12.6. The van der Waals surface area contributed by atoms with E-state index < -0.39 is 14.6 Å². The van der Waals surface area contributed by atoms with Crippen LogP contribution in [0.25, 0.3) is 0 Å². The van der Waals surface area contributed by atoms with Gasteiger partial charge in [-0.25, -0.2) is 8.42 Å². The molecule has 1 saturated carbocycles. The summed E-state index contributed by atoms with van der Waals surface area (Å²) in [6.45, 7) is 11.3. The molecule has 1 aliphatic carbocycles. The number of rotatable bonds is 6. The molecule has 2 rings (SSSR count). The SMILES string of the molecule is CC(C)(C)NC(=O)c1ccc(CCC2CCC(CS(=O)(=O)C(C)(C)C)CC2)cc1. The second-order valence-corrected chi connectivity index (χ2v) is 13.5. The number of hydrogen-bond acceptors (Lipinski definition) is 3. The monoisotopic (exact) mass is 421 g/mol. The minimum Gasteiger partial charge on any atom is -0.347 e. The van der Waals surface area contributed by atoms with Gasteiger partial charge in [-0.15, -0.1) is 0 Å². The van der Waals surface area contributed by atoms with Gasteiger partial charge in [-0.05, 0) is 96.8 Å². The summed E-state index contributed by atoms with van der Waals surface area (Å²) in [6, 6.07) is 7.92. The molecule has 0 spiro atoms. The predicted octanol–water partition coefficient (Wildman–Crippen LogP) is 5.17. The first-order valence-electron chi connectivity index (χ1n) is 10.9. The number of nitrogens with one attached hydrogen (secondary N) is 1. The molecule has 1 N–H and O–H groups in total. The lowest BCUT2D eigenvalue weighted by molar-refractivity contribution is 0.0919. The summed E-state index contributed by atoms with van der Waals surface area (Å²) in [5.74, 6) is 1.29. The van der Waals surface area contributed by atoms with E-state index in [1.807, 2.05) is 32.9 Å². The Hall–Kier alpha value is -1.36. The third-order valence-electron chi connectivity index (χ3n) is 5.90. The highest BCUT2D eigenvalue weighted by atomic mass is 32.2. The summed E-state index contributed by atoms with van der Waals surface area (Å²) < 4.78 is 24.2. The number of benzene rings is 1. The van der Waals surface area contributed by atoms with E-state index in [9.17, 15) is 13.2 Å². The van der Waals surface area contributed by atoms with E-state index in [4.69, 9.17) is 0 Å². The van der Waals surface area contributed by atoms with Crippen LogP contribution < -0.4 is 5.32 Å². The van der Waals surface area contributed by atoms with Gasteiger partial charge in [0.1, 0.15) is 0 Å². The average molecular weight is 422 g/mol. The molecule has 29 heavy (non-hydrogen) atoms. The molecular weight excluding hydrogens is 382 g/mol. The van der Waals surface area contributed by atoms with E-state index >= 15 is 0 Å². The Bertz CT molecular complexity index is 775. The van der Waals surface area contributed by atoms with Crippen molar-refractivity contribution in [1.29, 1.82) is 0 Å². The molecule has 1 amide bonds. The van der Waals surface area contributed by atoms with E-state index in [0.717, 1.165) is 38.5 Å². The minimum atomic E-state index is -3.03. The van der Waals surface area contributed by atoms with Crippen molar-refractivity contribution < 1.29 is 13.2 Å². The molecule has 0 bridgehead atoms. The molecule has 1 aromatic rings. The Morgan fingerprint density at radius 2 is 1.45 bits per heavy atom. The molecule has 5 heteroatoms. The standard InChI is InChI=1S/C24H39NO3S/c1-23(2,3)25-22(26)21-15-13-19(14-16-21)8-7-18-9-11-20(12-10-18)17-29(27,28)24(4,5)6/h13-16,18,20H,7-12,17H2,1-6H3,(H,25,26). The smallest absolute Gasteiger partial charge is 0.251 e. The fourth-order valence-corrected chi connectivity index (χ4v) is 5.31. The van der Waals surface area contributed by atoms with Crippen LogP contribution in [-0.2, 0) is 16.3 Å². The summed E-state index contributed by atoms with van der Waals surface area (Å²) in [6.07, 6.45) is 6.42. The summed E-state index contributed by atoms with van der Waals surface area (Å²) in [5, 5.41) is 2.99. The molecule has 0 unspecified atom stereocenters. The van der Waals surface area contributed by atoms with Gasteiger partial charge in [0.15, 0.2) is 9.84 Å². The largest absolute Gasteiger partial charge is 0.347 e. The van der Waals surface area contributed by atoms with Crippen LogP contribution in [0.2, 0.25) is 0 Å². The fraction of sp³-hybridized carbons (Fsp3) is 0.708. The van der Waals surface area contributed by atoms with Gasteiger partial charge in [0.25, 0.3) is 5.91 Å². The highest BCUT2D eigenvalue weighted by Gasteiger charge is 2.33. The first kappa shape index (κ1) is 23.9. The lowest BCUT2D eigenvalue weighted by Crippen LogP contribution is -2.40. The van der Waals surface area contributed by atoms with Gasteiger partial charge in [-0.2, -0.15) is 0 Å². The quantitative estimate of drug-likeness (QED) is 0.689. The maximum Gasteiger partial charge on any atom is 0.251 e. The number of carbonyl (C=O) groups excluding carboxylic acids is 1. The van der Waals surface area contributed by atoms with Gasteiger partial charge in [-0.1, -0.05) is 25.0 Å². The van der Waals surface area contributed by atoms with Gasteiger partial charge in [-0.3, -0.25) is 4.79 Å². The van der Waals surface area contributed by atoms with Gasteiger partial charge in [0.05, 0.1) is 10.5 Å². The molecule has 1 aromatic carbocycles. The number of sulfone groups is 1. The summed E-state index contributed by atoms with van der Waals surface area (Å²) in [5.41, 5.74) is 1.72. The molecule has 0 aromatic heterocycles. The van der Waals surface area contributed by atoms with Crippen molar-refractivity contribution in [2.75, 3.05) is 5.75 Å². The number of carbonyl (C=O) groups is 1. The molecule has 0 radical (unpaired) electrons. The molecule has 1 fully saturated rings. The molecule has 0 atom stereocenters. The van der Waals surface area contributed by atoms with E-state index in [-0.39, 0.29) is 11.4 Å². The van der Waals surface area contributed by atoms with Gasteiger partial charge in [0, 0.05) is 11.1 Å². The predicted molar refractivity (Wildman–Crippen MR) is 121 cm³/mol. The van der Waals surface area contributed by atoms with Gasteiger partial charge >= 0.3 is 0 Å². The van der Waals surface area contributed by atoms with Crippen molar-refractivity contribution >= 4 is 15.7 Å². The van der Waals surface area contributed by atoms with Crippen molar-refractivity contribution in [2.24, 2.45) is 11.8 Å². The van der Waals surface area contributed by atoms with Crippen molar-refractivity contribution in [2.45, 2.75) is 90.4 Å². The zero-order valence-electron chi connectivity index (χ0n) is 19.0. The van der Waals surface area contributed by atoms with E-state index in [1.165, 1.54) is 5.56 Å². The summed E-state index contributed by atoms with van der Waals surface area (Å²) in [7, 11) is -3.03. The topological polar surface area (TPSA) is 63.2 Å². The van der Waals surface area contributed by atoms with Crippen molar-refractivity contribution in [3.63, 3.8) is 0 Å². The Balaban J connectivity index is 1.79. The van der Waals surface area contributed by atoms with Gasteiger partial charge in [0.2, 0.25) is 0 Å². The Kier molecular flexibility index (Phi) is 7.58. The lowest BCUT2D eigenvalue weighted by Gasteiger charge is -2.30. The Morgan fingerprint density at radius 3 is 1.93 bits per heavy atom. The number of hydrogen-bond donors (Lipinski definition) is 1. The number of aryl methyl sites for hydroxylation is 1. The van der Waals surface area contributed by atoms with Crippen LogP contribution in [0.4, 0.5) is 0 Å². The van der Waals surface area contributed by atoms with Crippen molar-refractivity contribution in [3.8, 4) is 0 Å². The first-order chi connectivity index (χ1) is 13.3. The van der Waals surface area contributed by atoms with E-state index in [1.54, 1.807) is 20.8 Å². The maximum absolute atomic E-state index is 12.4. The van der Waals surface area contributed by atoms with Crippen LogP contribution in [0.15, 0.2) is 24.3 Å². The van der Waals surface area contributed by atoms with Crippen molar-refractivity contribution in [1.82, 2.24) is 5.32 Å². The lowest BCUT2D eigenvalue weighted by atomic mass is 9.80. The van der Waals surface area contributed by atoms with Crippen LogP contribution in [0.5, 0.6) is 0 Å². The fourth-order valence-electron chi connectivity index (χ4n) is 3.85. The summed E-state index contributed by atoms with van der Waals surface area (Å²) in [4.78, 5) is 12.2. The zero-order chi connectivity index (χ0) is 21.9. The van der Waals surface area contributed by atoms with Crippen LogP contribution in [0, 0.1) is 11.8 Å². The third-order valence-corrected chi connectivity index (χ3v) is 8.68. The Labute approximate surface area is 177 Å². The number of amides is 1. The van der Waals surface area contributed by atoms with Crippen LogP contribution >= 0.6 is 0 Å². The second-order valence-electron chi connectivity index (χ2n) is 10.7. The summed E-state index contributed by atoms with van der Waals surface area (Å²) >= 11 is 0. The van der Waals surface area contributed by atoms with Crippen LogP contribution in [0.3, 0.4) is 0 Å². The molecule has 164 valence electrons. The molecule has 0 aliphatic heterocycles. The average Bonchev–Trinajstić information content (AvgIpc) is 2.59.